The van der Waals surface area contributed by atoms with E-state index in [1.807, 2.05) is 30.5 Å². The fraction of sp³-hybridized carbons (Fsp3) is 0.200. The third-order valence-electron chi connectivity index (χ3n) is 4.20. The maximum Gasteiger partial charge on any atom is 0.268 e. The van der Waals surface area contributed by atoms with Crippen LogP contribution >= 0.6 is 11.3 Å². The zero-order valence-corrected chi connectivity index (χ0v) is 16.7. The number of aryl methyl sites for hydroxylation is 2. The molecule has 0 bridgehead atoms. The van der Waals surface area contributed by atoms with Crippen LogP contribution in [0.5, 0.6) is 0 Å². The van der Waals surface area contributed by atoms with Crippen molar-refractivity contribution in [1.29, 1.82) is 0 Å². The number of rotatable bonds is 6. The smallest absolute Gasteiger partial charge is 0.268 e. The fourth-order valence-electron chi connectivity index (χ4n) is 2.83. The van der Waals surface area contributed by atoms with Crippen molar-refractivity contribution in [3.05, 3.63) is 69.3 Å². The molecular formula is C20H18N4O4S. The first kappa shape index (κ1) is 18.9. The summed E-state index contributed by atoms with van der Waals surface area (Å²) in [6.07, 6.45) is 0. The highest BCUT2D eigenvalue weighted by atomic mass is 32.1. The monoisotopic (exact) mass is 410 g/mol. The van der Waals surface area contributed by atoms with E-state index in [1.165, 1.54) is 17.4 Å². The van der Waals surface area contributed by atoms with Gasteiger partial charge in [-0.3, -0.25) is 9.59 Å². The molecule has 1 amide bonds. The molecule has 0 aliphatic rings. The highest BCUT2D eigenvalue weighted by molar-refractivity contribution is 7.13. The number of hydrogen-bond donors (Lipinski definition) is 1. The number of aromatic nitrogens is 3. The van der Waals surface area contributed by atoms with Crippen LogP contribution in [0, 0.1) is 13.8 Å². The summed E-state index contributed by atoms with van der Waals surface area (Å²) in [6, 6.07) is 10.6. The zero-order chi connectivity index (χ0) is 20.4. The van der Waals surface area contributed by atoms with E-state index in [-0.39, 0.29) is 19.0 Å². The quantitative estimate of drug-likeness (QED) is 0.524. The highest BCUT2D eigenvalue weighted by Crippen LogP contribution is 2.32. The molecule has 0 radical (unpaired) electrons. The van der Waals surface area contributed by atoms with Crippen molar-refractivity contribution in [1.82, 2.24) is 20.3 Å². The maximum absolute atomic E-state index is 12.6. The summed E-state index contributed by atoms with van der Waals surface area (Å²) in [5, 5.41) is 13.0. The second-order valence-corrected chi connectivity index (χ2v) is 7.45. The largest absolute Gasteiger partial charge is 0.465 e. The number of amides is 1. The molecule has 4 aromatic rings. The summed E-state index contributed by atoms with van der Waals surface area (Å²) >= 11 is 1.48. The molecule has 9 heteroatoms. The van der Waals surface area contributed by atoms with Gasteiger partial charge in [-0.25, -0.2) is 4.68 Å². The molecule has 4 rings (SSSR count). The van der Waals surface area contributed by atoms with Crippen molar-refractivity contribution in [3.8, 4) is 21.9 Å². The van der Waals surface area contributed by atoms with Crippen molar-refractivity contribution >= 4 is 17.2 Å². The van der Waals surface area contributed by atoms with Crippen LogP contribution in [0.1, 0.15) is 17.2 Å². The summed E-state index contributed by atoms with van der Waals surface area (Å²) < 4.78 is 11.9. The summed E-state index contributed by atoms with van der Waals surface area (Å²) in [4.78, 5) is 25.8. The minimum absolute atomic E-state index is 0.202. The van der Waals surface area contributed by atoms with Gasteiger partial charge in [0.1, 0.15) is 23.8 Å². The summed E-state index contributed by atoms with van der Waals surface area (Å²) in [5.41, 5.74) is 1.40. The second-order valence-electron chi connectivity index (χ2n) is 6.50. The number of nitrogens with one attached hydrogen (secondary N) is 1. The normalized spacial score (nSPS) is 11.0. The fourth-order valence-corrected chi connectivity index (χ4v) is 3.56. The van der Waals surface area contributed by atoms with Gasteiger partial charge in [0.15, 0.2) is 5.76 Å². The first-order valence-electron chi connectivity index (χ1n) is 8.91. The Morgan fingerprint density at radius 2 is 2.10 bits per heavy atom. The van der Waals surface area contributed by atoms with Gasteiger partial charge in [0.25, 0.3) is 5.56 Å². The van der Waals surface area contributed by atoms with E-state index in [0.717, 1.165) is 15.3 Å². The van der Waals surface area contributed by atoms with Crippen LogP contribution in [0.3, 0.4) is 0 Å². The lowest BCUT2D eigenvalue weighted by Crippen LogP contribution is -2.33. The molecule has 0 aliphatic carbocycles. The molecule has 0 unspecified atom stereocenters. The van der Waals surface area contributed by atoms with Crippen molar-refractivity contribution in [3.63, 3.8) is 0 Å². The number of nitrogens with zero attached hydrogens (tertiary/aromatic N) is 3. The van der Waals surface area contributed by atoms with Crippen molar-refractivity contribution in [2.24, 2.45) is 0 Å². The van der Waals surface area contributed by atoms with Crippen LogP contribution in [-0.2, 0) is 17.9 Å². The van der Waals surface area contributed by atoms with Crippen LogP contribution in [0.15, 0.2) is 55.5 Å². The van der Waals surface area contributed by atoms with Gasteiger partial charge in [-0.2, -0.15) is 5.10 Å². The highest BCUT2D eigenvalue weighted by Gasteiger charge is 2.18. The maximum atomic E-state index is 12.6. The Kier molecular flexibility index (Phi) is 5.13. The van der Waals surface area contributed by atoms with E-state index in [0.29, 0.717) is 28.5 Å². The Morgan fingerprint density at radius 1 is 1.24 bits per heavy atom. The van der Waals surface area contributed by atoms with Gasteiger partial charge in [0.05, 0.1) is 22.7 Å². The van der Waals surface area contributed by atoms with Gasteiger partial charge in [0, 0.05) is 12.1 Å². The van der Waals surface area contributed by atoms with Crippen molar-refractivity contribution in [2.75, 3.05) is 0 Å². The van der Waals surface area contributed by atoms with E-state index >= 15 is 0 Å². The Balaban J connectivity index is 1.61. The Morgan fingerprint density at radius 3 is 2.76 bits per heavy atom. The van der Waals surface area contributed by atoms with E-state index in [4.69, 9.17) is 8.94 Å². The molecule has 0 fully saturated rings. The van der Waals surface area contributed by atoms with Crippen LogP contribution in [0.25, 0.3) is 21.9 Å². The molecule has 0 aromatic carbocycles. The Bertz CT molecular complexity index is 1200. The van der Waals surface area contributed by atoms with Crippen LogP contribution in [-0.4, -0.2) is 20.8 Å². The predicted molar refractivity (Wildman–Crippen MR) is 107 cm³/mol. The lowest BCUT2D eigenvalue weighted by atomic mass is 10.1. The molecule has 29 heavy (non-hydrogen) atoms. The van der Waals surface area contributed by atoms with Crippen molar-refractivity contribution in [2.45, 2.75) is 26.9 Å². The lowest BCUT2D eigenvalue weighted by Gasteiger charge is -2.10. The third kappa shape index (κ3) is 4.19. The number of carbonyl (C=O) groups excluding carboxylic acids is 1. The molecular weight excluding hydrogens is 392 g/mol. The van der Waals surface area contributed by atoms with E-state index < -0.39 is 5.56 Å². The summed E-state index contributed by atoms with van der Waals surface area (Å²) in [7, 11) is 0. The standard InChI is InChI=1S/C20H18N4O4S/c1-12-8-16(28-23-12)15-9-19(26)24(22-20(15)17-4-3-7-29-17)11-18(25)21-10-14-6-5-13(2)27-14/h3-9H,10-11H2,1-2H3,(H,21,25). The molecule has 8 nitrogen and oxygen atoms in total. The van der Waals surface area contributed by atoms with E-state index in [2.05, 4.69) is 15.6 Å². The number of thiophene rings is 1. The molecule has 0 aliphatic heterocycles. The zero-order valence-electron chi connectivity index (χ0n) is 15.8. The first-order chi connectivity index (χ1) is 14.0. The first-order valence-corrected chi connectivity index (χ1v) is 9.79. The van der Waals surface area contributed by atoms with E-state index in [9.17, 15) is 9.59 Å². The molecule has 0 saturated heterocycles. The Hall–Kier alpha value is -3.46. The van der Waals surface area contributed by atoms with Gasteiger partial charge >= 0.3 is 0 Å². The molecule has 1 N–H and O–H groups in total. The summed E-state index contributed by atoms with van der Waals surface area (Å²) in [5.74, 6) is 1.53. The van der Waals surface area contributed by atoms with E-state index in [1.54, 1.807) is 19.1 Å². The average Bonchev–Trinajstić information content (AvgIpc) is 3.44. The average molecular weight is 410 g/mol. The van der Waals surface area contributed by atoms with Crippen LogP contribution in [0.2, 0.25) is 0 Å². The molecule has 0 saturated carbocycles. The van der Waals surface area contributed by atoms with Gasteiger partial charge in [-0.1, -0.05) is 11.2 Å². The van der Waals surface area contributed by atoms with Gasteiger partial charge < -0.3 is 14.3 Å². The summed E-state index contributed by atoms with van der Waals surface area (Å²) in [6.45, 7) is 3.68. The Labute approximate surface area is 169 Å². The number of hydrogen-bond acceptors (Lipinski definition) is 7. The van der Waals surface area contributed by atoms with Gasteiger partial charge in [-0.15, -0.1) is 11.3 Å². The molecule has 4 heterocycles. The molecule has 0 atom stereocenters. The minimum atomic E-state index is -0.404. The minimum Gasteiger partial charge on any atom is -0.465 e. The number of carbonyl (C=O) groups is 1. The molecule has 4 aromatic heterocycles. The van der Waals surface area contributed by atoms with Gasteiger partial charge in [0.2, 0.25) is 5.91 Å². The second kappa shape index (κ2) is 7.88. The van der Waals surface area contributed by atoms with Gasteiger partial charge in [-0.05, 0) is 37.4 Å². The van der Waals surface area contributed by atoms with Crippen LogP contribution in [0.4, 0.5) is 0 Å². The molecule has 148 valence electrons. The van der Waals surface area contributed by atoms with Crippen molar-refractivity contribution < 1.29 is 13.7 Å². The van der Waals surface area contributed by atoms with Crippen LogP contribution < -0.4 is 10.9 Å². The SMILES string of the molecule is Cc1cc(-c2cc(=O)n(CC(=O)NCc3ccc(C)o3)nc2-c2cccs2)on1. The lowest BCUT2D eigenvalue weighted by molar-refractivity contribution is -0.122. The number of furan rings is 1. The predicted octanol–water partition coefficient (Wildman–Crippen LogP) is 3.15. The topological polar surface area (TPSA) is 103 Å². The third-order valence-corrected chi connectivity index (χ3v) is 5.07. The molecule has 0 spiro atoms.